The summed E-state index contributed by atoms with van der Waals surface area (Å²) in [5.41, 5.74) is 2.96. The van der Waals surface area contributed by atoms with Crippen molar-refractivity contribution in [1.29, 1.82) is 0 Å². The van der Waals surface area contributed by atoms with Gasteiger partial charge in [0.15, 0.2) is 5.82 Å². The summed E-state index contributed by atoms with van der Waals surface area (Å²) in [5, 5.41) is 3.33. The molecule has 2 aromatic rings. The number of aryl methyl sites for hydroxylation is 1. The number of hydrogen-bond acceptors (Lipinski definition) is 4. The maximum absolute atomic E-state index is 4.64. The largest absolute Gasteiger partial charge is 0.370 e. The van der Waals surface area contributed by atoms with Crippen LogP contribution in [0, 0.1) is 6.92 Å². The van der Waals surface area contributed by atoms with Crippen LogP contribution in [0.1, 0.15) is 37.9 Å². The van der Waals surface area contributed by atoms with Crippen molar-refractivity contribution in [3.63, 3.8) is 0 Å². The number of nitrogens with one attached hydrogen (secondary N) is 1. The van der Waals surface area contributed by atoms with Crippen molar-refractivity contribution >= 4 is 21.7 Å². The van der Waals surface area contributed by atoms with Gasteiger partial charge in [0, 0.05) is 28.5 Å². The highest BCUT2D eigenvalue weighted by Crippen LogP contribution is 2.27. The zero-order valence-corrected chi connectivity index (χ0v) is 13.8. The van der Waals surface area contributed by atoms with Crippen LogP contribution in [-0.2, 0) is 0 Å². The molecule has 0 bridgehead atoms. The lowest BCUT2D eigenvalue weighted by atomic mass is 10.0. The number of aromatic nitrogens is 3. The van der Waals surface area contributed by atoms with Gasteiger partial charge in [0.05, 0.1) is 0 Å². The highest BCUT2D eigenvalue weighted by Gasteiger charge is 2.15. The second-order valence-corrected chi connectivity index (χ2v) is 5.86. The molecule has 0 fully saturated rings. The molecule has 2 rings (SSSR count). The maximum atomic E-state index is 4.64. The third-order valence-electron chi connectivity index (χ3n) is 3.01. The molecule has 0 aliphatic heterocycles. The Bertz CT molecular complexity index is 594. The van der Waals surface area contributed by atoms with Gasteiger partial charge in [0.25, 0.3) is 0 Å². The van der Waals surface area contributed by atoms with Crippen LogP contribution >= 0.6 is 15.9 Å². The Hall–Kier alpha value is -1.49. The first-order valence-electron chi connectivity index (χ1n) is 6.77. The molecular formula is C15H19BrN4. The molecule has 2 heterocycles. The van der Waals surface area contributed by atoms with Crippen LogP contribution in [0.5, 0.6) is 0 Å². The van der Waals surface area contributed by atoms with Crippen LogP contribution in [0.15, 0.2) is 22.8 Å². The summed E-state index contributed by atoms with van der Waals surface area (Å²) < 4.78 is 0.948. The Morgan fingerprint density at radius 2 is 2.00 bits per heavy atom. The van der Waals surface area contributed by atoms with Gasteiger partial charge in [-0.05, 0) is 47.8 Å². The number of rotatable bonds is 4. The molecule has 0 aromatic carbocycles. The van der Waals surface area contributed by atoms with Crippen molar-refractivity contribution in [3.8, 4) is 11.5 Å². The lowest BCUT2D eigenvalue weighted by Gasteiger charge is -2.16. The average molecular weight is 335 g/mol. The van der Waals surface area contributed by atoms with Gasteiger partial charge in [-0.3, -0.25) is 4.98 Å². The third-order valence-corrected chi connectivity index (χ3v) is 3.48. The first-order chi connectivity index (χ1) is 9.52. The van der Waals surface area contributed by atoms with E-state index in [4.69, 9.17) is 0 Å². The van der Waals surface area contributed by atoms with Gasteiger partial charge in [-0.1, -0.05) is 13.8 Å². The van der Waals surface area contributed by atoms with E-state index in [-0.39, 0.29) is 0 Å². The van der Waals surface area contributed by atoms with Gasteiger partial charge in [0.1, 0.15) is 11.5 Å². The van der Waals surface area contributed by atoms with Crippen LogP contribution in [0.2, 0.25) is 0 Å². The second kappa shape index (κ2) is 6.31. The number of halogens is 1. The predicted octanol–water partition coefficient (Wildman–Crippen LogP) is 4.16. The summed E-state index contributed by atoms with van der Waals surface area (Å²) in [6, 6.07) is 3.87. The molecule has 0 saturated carbocycles. The molecule has 0 saturated heterocycles. The van der Waals surface area contributed by atoms with E-state index in [2.05, 4.69) is 57.0 Å². The maximum Gasteiger partial charge on any atom is 0.180 e. The topological polar surface area (TPSA) is 50.7 Å². The summed E-state index contributed by atoms with van der Waals surface area (Å²) in [6.07, 6.45) is 1.76. The van der Waals surface area contributed by atoms with E-state index in [0.29, 0.717) is 11.7 Å². The first-order valence-corrected chi connectivity index (χ1v) is 7.56. The Labute approximate surface area is 128 Å². The predicted molar refractivity (Wildman–Crippen MR) is 86.0 cm³/mol. The zero-order valence-electron chi connectivity index (χ0n) is 12.2. The summed E-state index contributed by atoms with van der Waals surface area (Å²) in [7, 11) is 0. The van der Waals surface area contributed by atoms with Crippen molar-refractivity contribution in [2.24, 2.45) is 0 Å². The smallest absolute Gasteiger partial charge is 0.180 e. The minimum absolute atomic E-state index is 0.385. The van der Waals surface area contributed by atoms with Crippen molar-refractivity contribution in [2.75, 3.05) is 11.9 Å². The number of anilines is 1. The van der Waals surface area contributed by atoms with Crippen LogP contribution in [0.4, 0.5) is 5.82 Å². The van der Waals surface area contributed by atoms with E-state index >= 15 is 0 Å². The molecule has 106 valence electrons. The van der Waals surface area contributed by atoms with Crippen LogP contribution in [-0.4, -0.2) is 21.5 Å². The minimum atomic E-state index is 0.385. The van der Waals surface area contributed by atoms with E-state index in [1.165, 1.54) is 5.56 Å². The van der Waals surface area contributed by atoms with Crippen molar-refractivity contribution in [3.05, 3.63) is 34.1 Å². The van der Waals surface area contributed by atoms with Gasteiger partial charge < -0.3 is 5.32 Å². The Morgan fingerprint density at radius 3 is 2.55 bits per heavy atom. The molecule has 1 N–H and O–H groups in total. The van der Waals surface area contributed by atoms with Gasteiger partial charge >= 0.3 is 0 Å². The van der Waals surface area contributed by atoms with Crippen molar-refractivity contribution < 1.29 is 0 Å². The van der Waals surface area contributed by atoms with Crippen LogP contribution in [0.25, 0.3) is 11.5 Å². The fraction of sp³-hybridized carbons (Fsp3) is 0.400. The summed E-state index contributed by atoms with van der Waals surface area (Å²) in [4.78, 5) is 13.6. The van der Waals surface area contributed by atoms with Gasteiger partial charge in [-0.2, -0.15) is 0 Å². The first kappa shape index (κ1) is 14.9. The van der Waals surface area contributed by atoms with Crippen molar-refractivity contribution in [2.45, 2.75) is 33.6 Å². The number of pyridine rings is 1. The quantitative estimate of drug-likeness (QED) is 0.911. The third kappa shape index (κ3) is 3.15. The fourth-order valence-electron chi connectivity index (χ4n) is 2.20. The van der Waals surface area contributed by atoms with Crippen molar-refractivity contribution in [1.82, 2.24) is 15.0 Å². The molecule has 0 unspecified atom stereocenters. The van der Waals surface area contributed by atoms with E-state index in [1.54, 1.807) is 6.20 Å². The molecular weight excluding hydrogens is 316 g/mol. The number of hydrogen-bond donors (Lipinski definition) is 1. The van der Waals surface area contributed by atoms with Gasteiger partial charge in [0.2, 0.25) is 0 Å². The van der Waals surface area contributed by atoms with Crippen LogP contribution < -0.4 is 5.32 Å². The summed E-state index contributed by atoms with van der Waals surface area (Å²) in [6.45, 7) is 9.25. The highest BCUT2D eigenvalue weighted by atomic mass is 79.9. The van der Waals surface area contributed by atoms with E-state index in [1.807, 2.05) is 19.1 Å². The molecule has 0 radical (unpaired) electrons. The van der Waals surface area contributed by atoms with Crippen LogP contribution in [0.3, 0.4) is 0 Å². The van der Waals surface area contributed by atoms with E-state index in [0.717, 1.165) is 28.2 Å². The van der Waals surface area contributed by atoms with E-state index in [9.17, 15) is 0 Å². The molecule has 5 heteroatoms. The molecule has 0 spiro atoms. The Morgan fingerprint density at radius 1 is 1.25 bits per heavy atom. The zero-order chi connectivity index (χ0) is 14.7. The molecule has 0 aliphatic rings. The number of nitrogens with zero attached hydrogens (tertiary/aromatic N) is 3. The van der Waals surface area contributed by atoms with Gasteiger partial charge in [-0.25, -0.2) is 9.97 Å². The molecule has 0 amide bonds. The monoisotopic (exact) mass is 334 g/mol. The SMILES string of the molecule is CCNc1nc(-c2ccc(Br)cn2)nc(C)c1C(C)C. The molecule has 2 aromatic heterocycles. The summed E-state index contributed by atoms with van der Waals surface area (Å²) in [5.74, 6) is 1.96. The lowest BCUT2D eigenvalue weighted by Crippen LogP contribution is -2.09. The lowest BCUT2D eigenvalue weighted by molar-refractivity contribution is 0.830. The minimum Gasteiger partial charge on any atom is -0.370 e. The fourth-order valence-corrected chi connectivity index (χ4v) is 2.43. The normalized spacial score (nSPS) is 10.9. The van der Waals surface area contributed by atoms with Gasteiger partial charge in [-0.15, -0.1) is 0 Å². The molecule has 4 nitrogen and oxygen atoms in total. The molecule has 0 atom stereocenters. The Balaban J connectivity index is 2.53. The van der Waals surface area contributed by atoms with E-state index < -0.39 is 0 Å². The average Bonchev–Trinajstić information content (AvgIpc) is 2.38. The molecule has 0 aliphatic carbocycles. The molecule has 20 heavy (non-hydrogen) atoms. The standard InChI is InChI=1S/C15H19BrN4/c1-5-17-15-13(9(2)3)10(4)19-14(20-15)12-7-6-11(16)8-18-12/h6-9H,5H2,1-4H3,(H,17,19,20). The second-order valence-electron chi connectivity index (χ2n) is 4.94. The highest BCUT2D eigenvalue weighted by molar-refractivity contribution is 9.10. The Kier molecular flexibility index (Phi) is 4.70. The summed E-state index contributed by atoms with van der Waals surface area (Å²) >= 11 is 3.39.